The fourth-order valence-electron chi connectivity index (χ4n) is 5.56. The summed E-state index contributed by atoms with van der Waals surface area (Å²) in [7, 11) is 3.19. The van der Waals surface area contributed by atoms with Crippen LogP contribution in [0.15, 0.2) is 30.5 Å². The van der Waals surface area contributed by atoms with Crippen molar-refractivity contribution in [1.29, 1.82) is 0 Å². The van der Waals surface area contributed by atoms with Crippen LogP contribution in [0, 0.1) is 5.41 Å². The fourth-order valence-corrected chi connectivity index (χ4v) is 5.56. The van der Waals surface area contributed by atoms with E-state index in [0.717, 1.165) is 43.2 Å². The van der Waals surface area contributed by atoms with Gasteiger partial charge in [-0.1, -0.05) is 26.8 Å². The van der Waals surface area contributed by atoms with E-state index in [4.69, 9.17) is 19.2 Å². The molecular weight excluding hydrogens is 482 g/mol. The summed E-state index contributed by atoms with van der Waals surface area (Å²) in [6.45, 7) is 8.46. The highest BCUT2D eigenvalue weighted by Gasteiger charge is 2.46. The number of rotatable bonds is 10. The maximum Gasteiger partial charge on any atom is 0.218 e. The number of hydrogen-bond donors (Lipinski definition) is 3. The van der Waals surface area contributed by atoms with E-state index in [2.05, 4.69) is 37.5 Å². The molecule has 1 aliphatic carbocycles. The second-order valence-electron chi connectivity index (χ2n) is 12.0. The molecule has 0 radical (unpaired) electrons. The minimum Gasteiger partial charge on any atom is -0.493 e. The Balaban J connectivity index is 1.50. The number of nitrogens with one attached hydrogen (secondary N) is 2. The van der Waals surface area contributed by atoms with Crippen LogP contribution in [0.25, 0.3) is 0 Å². The minimum absolute atomic E-state index is 0.0141. The van der Waals surface area contributed by atoms with Crippen molar-refractivity contribution in [2.45, 2.75) is 90.0 Å². The third-order valence-electron chi connectivity index (χ3n) is 7.53. The SMILES string of the molecule is COc1ccc(C[C@H](NC(C)=O)[C@@H](O)CN[C@H]2CC3(CCC3)Oc3ncc(CC(C)(C)C)cc32)cc1OC. The molecule has 1 aromatic carbocycles. The predicted molar refractivity (Wildman–Crippen MR) is 147 cm³/mol. The van der Waals surface area contributed by atoms with Crippen LogP contribution in [0.1, 0.15) is 76.1 Å². The molecule has 8 nitrogen and oxygen atoms in total. The first-order valence-corrected chi connectivity index (χ1v) is 13.6. The number of fused-ring (bicyclic) bond motifs is 1. The van der Waals surface area contributed by atoms with Crippen molar-refractivity contribution in [2.24, 2.45) is 5.41 Å². The highest BCUT2D eigenvalue weighted by molar-refractivity contribution is 5.73. The summed E-state index contributed by atoms with van der Waals surface area (Å²) in [5.74, 6) is 1.76. The van der Waals surface area contributed by atoms with Gasteiger partial charge >= 0.3 is 0 Å². The van der Waals surface area contributed by atoms with Gasteiger partial charge in [0.1, 0.15) is 5.60 Å². The van der Waals surface area contributed by atoms with Crippen LogP contribution in [0.5, 0.6) is 17.4 Å². The van der Waals surface area contributed by atoms with Gasteiger partial charge in [0, 0.05) is 37.7 Å². The van der Waals surface area contributed by atoms with Gasteiger partial charge in [0.25, 0.3) is 0 Å². The first-order valence-electron chi connectivity index (χ1n) is 13.6. The van der Waals surface area contributed by atoms with Crippen LogP contribution in [0.4, 0.5) is 0 Å². The van der Waals surface area contributed by atoms with Crippen molar-refractivity contribution >= 4 is 5.91 Å². The van der Waals surface area contributed by atoms with Gasteiger partial charge in [0.2, 0.25) is 11.8 Å². The van der Waals surface area contributed by atoms with Gasteiger partial charge in [0.15, 0.2) is 11.5 Å². The highest BCUT2D eigenvalue weighted by atomic mass is 16.5. The van der Waals surface area contributed by atoms with Crippen LogP contribution in [-0.4, -0.2) is 54.5 Å². The van der Waals surface area contributed by atoms with E-state index in [1.54, 1.807) is 14.2 Å². The number of aliphatic hydroxyl groups is 1. The zero-order valence-corrected chi connectivity index (χ0v) is 23.6. The molecule has 38 heavy (non-hydrogen) atoms. The van der Waals surface area contributed by atoms with Gasteiger partial charge in [-0.3, -0.25) is 4.79 Å². The molecule has 1 aromatic heterocycles. The molecule has 1 amide bonds. The summed E-state index contributed by atoms with van der Waals surface area (Å²) in [6, 6.07) is 7.39. The Bertz CT molecular complexity index is 1130. The van der Waals surface area contributed by atoms with Gasteiger partial charge in [-0.15, -0.1) is 0 Å². The molecule has 2 aromatic rings. The number of benzene rings is 1. The van der Waals surface area contributed by atoms with Crippen molar-refractivity contribution in [3.63, 3.8) is 0 Å². The highest BCUT2D eigenvalue weighted by Crippen LogP contribution is 2.48. The average molecular weight is 526 g/mol. The molecule has 208 valence electrons. The van der Waals surface area contributed by atoms with E-state index in [9.17, 15) is 9.90 Å². The number of methoxy groups -OCH3 is 2. The number of amides is 1. The molecule has 0 unspecified atom stereocenters. The van der Waals surface area contributed by atoms with Crippen molar-refractivity contribution in [3.8, 4) is 17.4 Å². The van der Waals surface area contributed by atoms with Gasteiger partial charge in [-0.25, -0.2) is 4.98 Å². The summed E-state index contributed by atoms with van der Waals surface area (Å²) in [6.07, 6.45) is 6.54. The van der Waals surface area contributed by atoms with Crippen molar-refractivity contribution in [2.75, 3.05) is 20.8 Å². The number of carbonyl (C=O) groups is 1. The maximum absolute atomic E-state index is 12.0. The lowest BCUT2D eigenvalue weighted by Gasteiger charge is -2.47. The first kappa shape index (κ1) is 28.2. The zero-order chi connectivity index (χ0) is 27.5. The van der Waals surface area contributed by atoms with E-state index in [0.29, 0.717) is 30.3 Å². The normalized spacial score (nSPS) is 19.5. The molecule has 3 N–H and O–H groups in total. The zero-order valence-electron chi connectivity index (χ0n) is 23.6. The largest absolute Gasteiger partial charge is 0.493 e. The molecule has 1 aliphatic heterocycles. The van der Waals surface area contributed by atoms with E-state index >= 15 is 0 Å². The smallest absolute Gasteiger partial charge is 0.218 e. The molecule has 4 rings (SSSR count). The van der Waals surface area contributed by atoms with Crippen LogP contribution in [0.2, 0.25) is 0 Å². The van der Waals surface area contributed by atoms with Gasteiger partial charge in [-0.2, -0.15) is 0 Å². The Labute approximate surface area is 226 Å². The van der Waals surface area contributed by atoms with Gasteiger partial charge in [0.05, 0.1) is 26.4 Å². The molecule has 0 bridgehead atoms. The van der Waals surface area contributed by atoms with Crippen LogP contribution in [-0.2, 0) is 17.6 Å². The van der Waals surface area contributed by atoms with E-state index in [-0.39, 0.29) is 23.0 Å². The monoisotopic (exact) mass is 525 g/mol. The van der Waals surface area contributed by atoms with Crippen LogP contribution < -0.4 is 24.8 Å². The standard InChI is InChI=1S/C30H43N3O5/c1-19(34)33-23(13-20-8-9-26(36-5)27(14-20)37-6)25(35)18-31-24-16-30(10-7-11-30)38-28-22(24)12-21(17-32-28)15-29(2,3)4/h8-9,12,14,17,23-25,31,35H,7,10-11,13,15-16,18H2,1-6H3,(H,33,34)/t23-,24-,25-/m0/s1. The first-order chi connectivity index (χ1) is 18.0. The van der Waals surface area contributed by atoms with Gasteiger partial charge in [-0.05, 0) is 66.8 Å². The third-order valence-corrected chi connectivity index (χ3v) is 7.53. The molecule has 1 saturated carbocycles. The molecule has 1 fully saturated rings. The Morgan fingerprint density at radius 2 is 1.92 bits per heavy atom. The number of aliphatic hydroxyl groups excluding tert-OH is 1. The Morgan fingerprint density at radius 3 is 2.53 bits per heavy atom. The average Bonchev–Trinajstić information content (AvgIpc) is 2.84. The quantitative estimate of drug-likeness (QED) is 0.429. The second kappa shape index (κ2) is 11.5. The van der Waals surface area contributed by atoms with Gasteiger partial charge < -0.3 is 30.0 Å². The van der Waals surface area contributed by atoms with Crippen molar-refractivity contribution in [1.82, 2.24) is 15.6 Å². The summed E-state index contributed by atoms with van der Waals surface area (Å²) >= 11 is 0. The molecule has 8 heteroatoms. The topological polar surface area (TPSA) is 102 Å². The Kier molecular flexibility index (Phi) is 8.52. The van der Waals surface area contributed by atoms with E-state index in [1.807, 2.05) is 24.4 Å². The van der Waals surface area contributed by atoms with Crippen LogP contribution >= 0.6 is 0 Å². The minimum atomic E-state index is -0.804. The van der Waals surface area contributed by atoms with Crippen LogP contribution in [0.3, 0.4) is 0 Å². The van der Waals surface area contributed by atoms with Crippen molar-refractivity contribution < 1.29 is 24.1 Å². The molecule has 3 atom stereocenters. The lowest BCUT2D eigenvalue weighted by atomic mass is 9.73. The molecule has 1 spiro atoms. The maximum atomic E-state index is 12.0. The molecule has 0 saturated heterocycles. The summed E-state index contributed by atoms with van der Waals surface area (Å²) < 4.78 is 17.2. The number of hydrogen-bond acceptors (Lipinski definition) is 7. The Hall–Kier alpha value is -2.84. The number of carbonyl (C=O) groups excluding carboxylic acids is 1. The number of aromatic nitrogens is 1. The summed E-state index contributed by atoms with van der Waals surface area (Å²) in [4.78, 5) is 16.7. The Morgan fingerprint density at radius 1 is 1.18 bits per heavy atom. The predicted octanol–water partition coefficient (Wildman–Crippen LogP) is 4.13. The lowest BCUT2D eigenvalue weighted by molar-refractivity contribution is -0.120. The molecule has 2 aliphatic rings. The third kappa shape index (κ3) is 6.77. The summed E-state index contributed by atoms with van der Waals surface area (Å²) in [5, 5.41) is 17.8. The number of nitrogens with zero attached hydrogens (tertiary/aromatic N) is 1. The van der Waals surface area contributed by atoms with E-state index in [1.165, 1.54) is 12.5 Å². The number of ether oxygens (including phenoxy) is 3. The lowest BCUT2D eigenvalue weighted by Crippen LogP contribution is -2.52. The van der Waals surface area contributed by atoms with E-state index < -0.39 is 12.1 Å². The summed E-state index contributed by atoms with van der Waals surface area (Å²) in [5.41, 5.74) is 3.13. The second-order valence-corrected chi connectivity index (χ2v) is 12.0. The van der Waals surface area contributed by atoms with Crippen molar-refractivity contribution in [3.05, 3.63) is 47.2 Å². The molecule has 2 heterocycles. The number of pyridine rings is 1. The fraction of sp³-hybridized carbons (Fsp3) is 0.600. The molecular formula is C30H43N3O5.